The average Bonchev–Trinajstić information content (AvgIpc) is 2.81. The van der Waals surface area contributed by atoms with E-state index < -0.39 is 0 Å². The number of nitrogens with zero attached hydrogens (tertiary/aromatic N) is 3. The number of rotatable bonds is 10. The van der Waals surface area contributed by atoms with Gasteiger partial charge >= 0.3 is 0 Å². The molecule has 0 aliphatic carbocycles. The first-order valence-electron chi connectivity index (χ1n) is 10.5. The van der Waals surface area contributed by atoms with Crippen LogP contribution in [0.4, 0.5) is 5.69 Å². The Morgan fingerprint density at radius 2 is 1.88 bits per heavy atom. The molecule has 0 amide bonds. The van der Waals surface area contributed by atoms with Gasteiger partial charge in [-0.25, -0.2) is 0 Å². The van der Waals surface area contributed by atoms with Gasteiger partial charge in [0.15, 0.2) is 0 Å². The third-order valence-electron chi connectivity index (χ3n) is 5.12. The maximum atomic E-state index is 11.0. The summed E-state index contributed by atoms with van der Waals surface area (Å²) in [5, 5.41) is 1.75. The van der Waals surface area contributed by atoms with Crippen LogP contribution in [-0.4, -0.2) is 36.8 Å². The summed E-state index contributed by atoms with van der Waals surface area (Å²) in [5.41, 5.74) is 4.02. The summed E-state index contributed by atoms with van der Waals surface area (Å²) in [6.07, 6.45) is 5.77. The summed E-state index contributed by atoms with van der Waals surface area (Å²) in [7, 11) is 4.04. The minimum absolute atomic E-state index is 0.349. The number of allylic oxidation sites excluding steroid dienone is 2. The normalized spacial score (nSPS) is 12.0. The lowest BCUT2D eigenvalue weighted by Crippen LogP contribution is -2.17. The van der Waals surface area contributed by atoms with Crippen LogP contribution in [0.2, 0.25) is 5.02 Å². The highest BCUT2D eigenvalue weighted by Gasteiger charge is 2.05. The van der Waals surface area contributed by atoms with Gasteiger partial charge in [-0.15, -0.1) is 0 Å². The van der Waals surface area contributed by atoms with Crippen LogP contribution in [-0.2, 0) is 22.7 Å². The zero-order chi connectivity index (χ0) is 22.9. The summed E-state index contributed by atoms with van der Waals surface area (Å²) in [4.78, 5) is 20.0. The first-order valence-corrected chi connectivity index (χ1v) is 10.9. The Morgan fingerprint density at radius 1 is 1.09 bits per heavy atom. The SMILES string of the molecule is CCN(C)Cc1ccc2cc(N(C)/C=C\C(=C/C=O)OCc3ccc(Cl)cc3)ccc2n1. The number of ether oxygens (including phenoxy) is 1. The molecular weight excluding hydrogens is 422 g/mol. The van der Waals surface area contributed by atoms with Crippen molar-refractivity contribution in [3.05, 3.63) is 95.0 Å². The standard InChI is InChI=1S/C26H28ClN3O2/c1-4-29(2)18-23-10-7-21-17-24(11-12-26(21)28-23)30(3)15-13-25(14-16-31)32-19-20-5-8-22(27)9-6-20/h5-17H,4,18-19H2,1-3H3/b15-13-,25-14+. The van der Waals surface area contributed by atoms with Crippen molar-refractivity contribution in [3.63, 3.8) is 0 Å². The van der Waals surface area contributed by atoms with Crippen LogP contribution in [0, 0.1) is 0 Å². The Kier molecular flexibility index (Phi) is 8.42. The van der Waals surface area contributed by atoms with E-state index in [1.807, 2.05) is 54.5 Å². The summed E-state index contributed by atoms with van der Waals surface area (Å²) in [5.74, 6) is 0.481. The number of fused-ring (bicyclic) bond motifs is 1. The number of anilines is 1. The van der Waals surface area contributed by atoms with Crippen LogP contribution in [0.25, 0.3) is 10.9 Å². The fraction of sp³-hybridized carbons (Fsp3) is 0.231. The quantitative estimate of drug-likeness (QED) is 0.175. The molecule has 166 valence electrons. The Hall–Kier alpha value is -3.15. The average molecular weight is 450 g/mol. The molecule has 0 bridgehead atoms. The molecule has 0 atom stereocenters. The second-order valence-electron chi connectivity index (χ2n) is 7.56. The Morgan fingerprint density at radius 3 is 2.59 bits per heavy atom. The van der Waals surface area contributed by atoms with Crippen molar-refractivity contribution in [3.8, 4) is 0 Å². The van der Waals surface area contributed by atoms with Gasteiger partial charge in [0.2, 0.25) is 0 Å². The van der Waals surface area contributed by atoms with E-state index >= 15 is 0 Å². The van der Waals surface area contributed by atoms with E-state index in [9.17, 15) is 4.79 Å². The Labute approximate surface area is 194 Å². The van der Waals surface area contributed by atoms with Crippen molar-refractivity contribution in [1.29, 1.82) is 0 Å². The van der Waals surface area contributed by atoms with Gasteiger partial charge in [0.1, 0.15) is 18.7 Å². The van der Waals surface area contributed by atoms with E-state index in [1.54, 1.807) is 6.08 Å². The van der Waals surface area contributed by atoms with Gasteiger partial charge in [0.25, 0.3) is 0 Å². The van der Waals surface area contributed by atoms with Crippen molar-refractivity contribution >= 4 is 34.5 Å². The van der Waals surface area contributed by atoms with E-state index in [-0.39, 0.29) is 0 Å². The number of halogens is 1. The minimum Gasteiger partial charge on any atom is -0.489 e. The predicted octanol–water partition coefficient (Wildman–Crippen LogP) is 5.59. The zero-order valence-corrected chi connectivity index (χ0v) is 19.4. The van der Waals surface area contributed by atoms with Crippen molar-refractivity contribution in [2.75, 3.05) is 25.5 Å². The van der Waals surface area contributed by atoms with Crippen LogP contribution in [0.1, 0.15) is 18.2 Å². The second-order valence-corrected chi connectivity index (χ2v) is 7.99. The highest BCUT2D eigenvalue weighted by atomic mass is 35.5. The van der Waals surface area contributed by atoms with E-state index in [0.29, 0.717) is 17.4 Å². The molecule has 0 radical (unpaired) electrons. The lowest BCUT2D eigenvalue weighted by atomic mass is 10.1. The molecule has 1 heterocycles. The van der Waals surface area contributed by atoms with Crippen molar-refractivity contribution in [1.82, 2.24) is 9.88 Å². The summed E-state index contributed by atoms with van der Waals surface area (Å²) < 4.78 is 5.78. The van der Waals surface area contributed by atoms with Crippen LogP contribution in [0.5, 0.6) is 0 Å². The van der Waals surface area contributed by atoms with Gasteiger partial charge in [-0.05, 0) is 61.6 Å². The fourth-order valence-corrected chi connectivity index (χ4v) is 3.21. The van der Waals surface area contributed by atoms with Crippen molar-refractivity contribution < 1.29 is 9.53 Å². The molecule has 0 saturated heterocycles. The molecule has 0 fully saturated rings. The fourth-order valence-electron chi connectivity index (χ4n) is 3.09. The molecule has 32 heavy (non-hydrogen) atoms. The highest BCUT2D eigenvalue weighted by Crippen LogP contribution is 2.22. The van der Waals surface area contributed by atoms with Gasteiger partial charge in [-0.1, -0.05) is 36.7 Å². The molecule has 0 saturated carbocycles. The van der Waals surface area contributed by atoms with Gasteiger partial charge < -0.3 is 14.5 Å². The lowest BCUT2D eigenvalue weighted by molar-refractivity contribution is -0.104. The molecule has 3 rings (SSSR count). The van der Waals surface area contributed by atoms with Gasteiger partial charge in [0, 0.05) is 42.0 Å². The maximum Gasteiger partial charge on any atom is 0.146 e. The van der Waals surface area contributed by atoms with Crippen LogP contribution < -0.4 is 4.90 Å². The maximum absolute atomic E-state index is 11.0. The topological polar surface area (TPSA) is 45.7 Å². The molecule has 3 aromatic rings. The minimum atomic E-state index is 0.349. The first-order chi connectivity index (χ1) is 15.5. The largest absolute Gasteiger partial charge is 0.489 e. The molecule has 0 unspecified atom stereocenters. The van der Waals surface area contributed by atoms with Crippen LogP contribution in [0.15, 0.2) is 78.7 Å². The highest BCUT2D eigenvalue weighted by molar-refractivity contribution is 6.30. The number of aldehydes is 1. The van der Waals surface area contributed by atoms with Gasteiger partial charge in [-0.2, -0.15) is 0 Å². The monoisotopic (exact) mass is 449 g/mol. The van der Waals surface area contributed by atoms with E-state index in [4.69, 9.17) is 21.3 Å². The molecule has 1 aromatic heterocycles. The van der Waals surface area contributed by atoms with E-state index in [2.05, 4.69) is 37.1 Å². The second kappa shape index (κ2) is 11.5. The molecule has 0 aliphatic heterocycles. The van der Waals surface area contributed by atoms with E-state index in [0.717, 1.165) is 47.2 Å². The summed E-state index contributed by atoms with van der Waals surface area (Å²) in [6.45, 7) is 4.30. The van der Waals surface area contributed by atoms with Crippen molar-refractivity contribution in [2.24, 2.45) is 0 Å². The number of aromatic nitrogens is 1. The van der Waals surface area contributed by atoms with E-state index in [1.165, 1.54) is 6.08 Å². The third kappa shape index (κ3) is 6.67. The zero-order valence-electron chi connectivity index (χ0n) is 18.7. The Balaban J connectivity index is 1.68. The summed E-state index contributed by atoms with van der Waals surface area (Å²) >= 11 is 5.92. The third-order valence-corrected chi connectivity index (χ3v) is 5.37. The van der Waals surface area contributed by atoms with Crippen LogP contribution in [0.3, 0.4) is 0 Å². The molecule has 6 heteroatoms. The number of carbonyl (C=O) groups excluding carboxylic acids is 1. The van der Waals surface area contributed by atoms with Crippen LogP contribution >= 0.6 is 11.6 Å². The number of carbonyl (C=O) groups is 1. The number of benzene rings is 2. The lowest BCUT2D eigenvalue weighted by Gasteiger charge is -2.16. The molecular formula is C26H28ClN3O2. The van der Waals surface area contributed by atoms with Gasteiger partial charge in [0.05, 0.1) is 11.2 Å². The molecule has 2 aromatic carbocycles. The molecule has 0 N–H and O–H groups in total. The van der Waals surface area contributed by atoms with Gasteiger partial charge in [-0.3, -0.25) is 9.78 Å². The molecule has 0 spiro atoms. The summed E-state index contributed by atoms with van der Waals surface area (Å²) in [6, 6.07) is 17.8. The molecule has 0 aliphatic rings. The number of hydrogen-bond donors (Lipinski definition) is 0. The predicted molar refractivity (Wildman–Crippen MR) is 132 cm³/mol. The Bertz CT molecular complexity index is 1110. The molecule has 5 nitrogen and oxygen atoms in total. The van der Waals surface area contributed by atoms with Crippen molar-refractivity contribution in [2.45, 2.75) is 20.1 Å². The first kappa shape index (κ1) is 23.5. The smallest absolute Gasteiger partial charge is 0.146 e. The number of hydrogen-bond acceptors (Lipinski definition) is 5. The number of pyridine rings is 1.